The van der Waals surface area contributed by atoms with Crippen molar-refractivity contribution in [2.24, 2.45) is 0 Å². The van der Waals surface area contributed by atoms with E-state index in [-0.39, 0.29) is 23.6 Å². The van der Waals surface area contributed by atoms with Crippen molar-refractivity contribution < 1.29 is 19.2 Å². The van der Waals surface area contributed by atoms with Crippen molar-refractivity contribution in [3.05, 3.63) is 133 Å². The largest absolute Gasteiger partial charge is 0.281 e. The molecule has 0 fully saturated rings. The fourth-order valence-corrected chi connectivity index (χ4v) is 5.48. The van der Waals surface area contributed by atoms with Crippen molar-refractivity contribution in [2.75, 3.05) is 19.6 Å². The summed E-state index contributed by atoms with van der Waals surface area (Å²) in [7, 11) is 0. The minimum atomic E-state index is -0.222. The molecule has 0 aliphatic heterocycles. The van der Waals surface area contributed by atoms with E-state index in [4.69, 9.17) is 0 Å². The molecule has 0 bridgehead atoms. The summed E-state index contributed by atoms with van der Waals surface area (Å²) < 4.78 is 0. The van der Waals surface area contributed by atoms with Crippen LogP contribution in [0.15, 0.2) is 133 Å². The minimum Gasteiger partial charge on any atom is -0.281 e. The first kappa shape index (κ1) is 31.4. The lowest BCUT2D eigenvalue weighted by Gasteiger charge is -2.27. The van der Waals surface area contributed by atoms with Crippen LogP contribution in [0.25, 0.3) is 0 Å². The Bertz CT molecular complexity index is 1720. The van der Waals surface area contributed by atoms with E-state index in [1.807, 2.05) is 60.7 Å². The molecular weight excluding hydrogens is 576 g/mol. The summed E-state index contributed by atoms with van der Waals surface area (Å²) in [5.41, 5.74) is 5.17. The summed E-state index contributed by atoms with van der Waals surface area (Å²) in [5, 5.41) is 0. The molecule has 5 rings (SSSR count). The summed E-state index contributed by atoms with van der Waals surface area (Å²) in [5.74, 6) is -0.719. The van der Waals surface area contributed by atoms with E-state index in [9.17, 15) is 19.2 Å². The highest BCUT2D eigenvalue weighted by molar-refractivity contribution is 6.04. The van der Waals surface area contributed by atoms with Gasteiger partial charge in [-0.2, -0.15) is 0 Å². The van der Waals surface area contributed by atoms with Crippen LogP contribution in [-0.4, -0.2) is 23.6 Å². The maximum Gasteiger partial charge on any atom is 0.228 e. The van der Waals surface area contributed by atoms with Gasteiger partial charge in [0.2, 0.25) is 23.6 Å². The fourth-order valence-electron chi connectivity index (χ4n) is 5.48. The lowest BCUT2D eigenvalue weighted by atomic mass is 10.1. The van der Waals surface area contributed by atoms with E-state index in [0.717, 1.165) is 11.4 Å². The molecule has 8 heteroatoms. The maximum atomic E-state index is 13.0. The van der Waals surface area contributed by atoms with E-state index in [0.29, 0.717) is 34.1 Å². The average molecular weight is 611 g/mol. The Labute approximate surface area is 268 Å². The van der Waals surface area contributed by atoms with Crippen LogP contribution in [0.5, 0.6) is 0 Å². The number of para-hydroxylation sites is 2. The lowest BCUT2D eigenvalue weighted by Crippen LogP contribution is -2.26. The van der Waals surface area contributed by atoms with Gasteiger partial charge < -0.3 is 0 Å². The molecule has 5 aromatic carbocycles. The van der Waals surface area contributed by atoms with Crippen molar-refractivity contribution in [3.63, 3.8) is 0 Å². The second kappa shape index (κ2) is 13.7. The standard InChI is InChI=1S/C38H34N4O4/c1-27(43)39(31-12-7-5-8-13-31)33-18-22-35(23-19-33)41(29(3)45)37-16-11-17-38(26-37)42(30(4)46)36-24-20-34(21-25-36)40(28(2)44)32-14-9-6-10-15-32/h5-26H,1-4H3. The van der Waals surface area contributed by atoms with E-state index >= 15 is 0 Å². The van der Waals surface area contributed by atoms with E-state index in [1.165, 1.54) is 27.7 Å². The number of anilines is 8. The molecule has 0 aliphatic carbocycles. The number of carbonyl (C=O) groups excluding carboxylic acids is 4. The van der Waals surface area contributed by atoms with E-state index in [2.05, 4.69) is 0 Å². The summed E-state index contributed by atoms with van der Waals surface area (Å²) in [6.07, 6.45) is 0. The molecule has 0 saturated heterocycles. The highest BCUT2D eigenvalue weighted by Gasteiger charge is 2.21. The first-order valence-corrected chi connectivity index (χ1v) is 14.8. The zero-order valence-electron chi connectivity index (χ0n) is 26.1. The Kier molecular flexibility index (Phi) is 9.38. The van der Waals surface area contributed by atoms with E-state index < -0.39 is 0 Å². The van der Waals surface area contributed by atoms with E-state index in [1.54, 1.807) is 92.4 Å². The van der Waals surface area contributed by atoms with Gasteiger partial charge in [0.1, 0.15) is 0 Å². The summed E-state index contributed by atoms with van der Waals surface area (Å²) in [6, 6.07) is 40.2. The Balaban J connectivity index is 1.46. The van der Waals surface area contributed by atoms with Crippen molar-refractivity contribution in [3.8, 4) is 0 Å². The molecule has 0 aromatic heterocycles. The van der Waals surface area contributed by atoms with Crippen LogP contribution >= 0.6 is 0 Å². The van der Waals surface area contributed by atoms with Crippen molar-refractivity contribution in [1.82, 2.24) is 0 Å². The SMILES string of the molecule is CC(=O)N(c1ccccc1)c1ccc(N(C(C)=O)c2cccc(N(C(C)=O)c3ccc(N(C(C)=O)c4ccccc4)cc3)c2)cc1. The minimum absolute atomic E-state index is 0.138. The number of amides is 4. The van der Waals surface area contributed by atoms with Gasteiger partial charge in [-0.15, -0.1) is 0 Å². The van der Waals surface area contributed by atoms with Crippen LogP contribution in [0.4, 0.5) is 45.5 Å². The summed E-state index contributed by atoms with van der Waals surface area (Å²) in [6.45, 7) is 5.96. The number of rotatable bonds is 8. The molecule has 0 radical (unpaired) electrons. The highest BCUT2D eigenvalue weighted by Crippen LogP contribution is 2.35. The quantitative estimate of drug-likeness (QED) is 0.177. The third kappa shape index (κ3) is 6.71. The van der Waals surface area contributed by atoms with Crippen LogP contribution in [-0.2, 0) is 19.2 Å². The second-order valence-corrected chi connectivity index (χ2v) is 10.6. The fraction of sp³-hybridized carbons (Fsp3) is 0.105. The molecule has 8 nitrogen and oxygen atoms in total. The van der Waals surface area contributed by atoms with Crippen LogP contribution in [0.3, 0.4) is 0 Å². The third-order valence-corrected chi connectivity index (χ3v) is 7.37. The summed E-state index contributed by atoms with van der Waals surface area (Å²) >= 11 is 0. The van der Waals surface area contributed by atoms with Gasteiger partial charge in [0.25, 0.3) is 0 Å². The van der Waals surface area contributed by atoms with Gasteiger partial charge in [0, 0.05) is 61.8 Å². The topological polar surface area (TPSA) is 81.2 Å². The van der Waals surface area contributed by atoms with Gasteiger partial charge in [-0.25, -0.2) is 0 Å². The van der Waals surface area contributed by atoms with Crippen molar-refractivity contribution in [1.29, 1.82) is 0 Å². The number of nitrogens with zero attached hydrogens (tertiary/aromatic N) is 4. The maximum absolute atomic E-state index is 13.0. The molecule has 230 valence electrons. The predicted octanol–water partition coefficient (Wildman–Crippen LogP) is 8.43. The highest BCUT2D eigenvalue weighted by atomic mass is 16.2. The van der Waals surface area contributed by atoms with Gasteiger partial charge in [-0.3, -0.25) is 38.8 Å². The Morgan fingerprint density at radius 3 is 0.783 bits per heavy atom. The molecule has 0 aliphatic rings. The Hall–Kier alpha value is -6.02. The third-order valence-electron chi connectivity index (χ3n) is 7.37. The molecule has 0 N–H and O–H groups in total. The lowest BCUT2D eigenvalue weighted by molar-refractivity contribution is -0.116. The number of hydrogen-bond donors (Lipinski definition) is 0. The normalized spacial score (nSPS) is 10.5. The average Bonchev–Trinajstić information content (AvgIpc) is 3.04. The first-order chi connectivity index (χ1) is 22.2. The zero-order valence-corrected chi connectivity index (χ0v) is 26.1. The van der Waals surface area contributed by atoms with Gasteiger partial charge >= 0.3 is 0 Å². The Morgan fingerprint density at radius 2 is 0.522 bits per heavy atom. The number of benzene rings is 5. The van der Waals surface area contributed by atoms with Crippen LogP contribution in [0.1, 0.15) is 27.7 Å². The van der Waals surface area contributed by atoms with Crippen LogP contribution in [0.2, 0.25) is 0 Å². The Morgan fingerprint density at radius 1 is 0.304 bits per heavy atom. The molecule has 0 unspecified atom stereocenters. The molecule has 0 heterocycles. The molecule has 0 saturated carbocycles. The van der Waals surface area contributed by atoms with Gasteiger partial charge in [-0.05, 0) is 91.0 Å². The zero-order chi connectivity index (χ0) is 32.8. The van der Waals surface area contributed by atoms with Crippen molar-refractivity contribution in [2.45, 2.75) is 27.7 Å². The molecule has 4 amide bonds. The van der Waals surface area contributed by atoms with Crippen molar-refractivity contribution >= 4 is 69.1 Å². The first-order valence-electron chi connectivity index (χ1n) is 14.8. The summed E-state index contributed by atoms with van der Waals surface area (Å²) in [4.78, 5) is 57.4. The monoisotopic (exact) mass is 610 g/mol. The molecular formula is C38H34N4O4. The number of hydrogen-bond acceptors (Lipinski definition) is 4. The predicted molar refractivity (Wildman–Crippen MR) is 183 cm³/mol. The van der Waals surface area contributed by atoms with Gasteiger partial charge in [0.05, 0.1) is 11.4 Å². The molecule has 0 spiro atoms. The smallest absolute Gasteiger partial charge is 0.228 e. The van der Waals surface area contributed by atoms with Gasteiger partial charge in [-0.1, -0.05) is 42.5 Å². The molecule has 0 atom stereocenters. The number of carbonyl (C=O) groups is 4. The van der Waals surface area contributed by atoms with Gasteiger partial charge in [0.15, 0.2) is 0 Å². The van der Waals surface area contributed by atoms with Crippen LogP contribution < -0.4 is 19.6 Å². The van der Waals surface area contributed by atoms with Crippen LogP contribution in [0, 0.1) is 0 Å². The molecule has 46 heavy (non-hydrogen) atoms. The molecule has 5 aromatic rings. The second-order valence-electron chi connectivity index (χ2n) is 10.6.